The molecule has 4 heteroatoms. The number of hydrogen-bond donors (Lipinski definition) is 1. The summed E-state index contributed by atoms with van der Waals surface area (Å²) in [6.45, 7) is 1.98. The number of thiol groups is 1. The Bertz CT molecular complexity index is 189. The number of halogens is 1. The Labute approximate surface area is 72.0 Å². The molecular weight excluding hydrogens is 218 g/mol. The summed E-state index contributed by atoms with van der Waals surface area (Å²) in [6.07, 6.45) is 0. The van der Waals surface area contributed by atoms with Crippen LogP contribution in [0.2, 0.25) is 0 Å². The third kappa shape index (κ3) is 1.69. The van der Waals surface area contributed by atoms with E-state index in [2.05, 4.69) is 33.5 Å². The van der Waals surface area contributed by atoms with Crippen LogP contribution in [0.25, 0.3) is 0 Å². The zero-order valence-electron chi connectivity index (χ0n) is 4.89. The van der Waals surface area contributed by atoms with Crippen LogP contribution in [0.5, 0.6) is 0 Å². The van der Waals surface area contributed by atoms with Gasteiger partial charge in [0.05, 0.1) is 9.48 Å². The van der Waals surface area contributed by atoms with Crippen molar-refractivity contribution in [2.45, 2.75) is 12.7 Å². The van der Waals surface area contributed by atoms with Gasteiger partial charge >= 0.3 is 0 Å². The van der Waals surface area contributed by atoms with Crippen LogP contribution in [-0.2, 0) is 5.75 Å². The van der Waals surface area contributed by atoms with Gasteiger partial charge in [0.25, 0.3) is 0 Å². The monoisotopic (exact) mass is 223 g/mol. The van der Waals surface area contributed by atoms with Gasteiger partial charge in [-0.1, -0.05) is 0 Å². The maximum absolute atomic E-state index is 4.22. The molecule has 1 heterocycles. The molecule has 0 saturated carbocycles. The Balaban J connectivity index is 2.98. The van der Waals surface area contributed by atoms with Crippen molar-refractivity contribution in [3.8, 4) is 0 Å². The topological polar surface area (TPSA) is 12.9 Å². The maximum Gasteiger partial charge on any atom is 0.104 e. The standard InChI is InChI=1S/C5H6BrNS2/c1-3-5(6)9-4(2-8)7-3/h8H,2H2,1H3. The fourth-order valence-corrected chi connectivity index (χ4v) is 2.06. The van der Waals surface area contributed by atoms with E-state index in [0.717, 1.165) is 20.2 Å². The summed E-state index contributed by atoms with van der Waals surface area (Å²) in [7, 11) is 0. The predicted octanol–water partition coefficient (Wildman–Crippen LogP) is 2.64. The second-order valence-electron chi connectivity index (χ2n) is 1.62. The first-order valence-corrected chi connectivity index (χ1v) is 4.71. The first kappa shape index (κ1) is 7.57. The van der Waals surface area contributed by atoms with Gasteiger partial charge < -0.3 is 0 Å². The molecule has 1 aromatic heterocycles. The molecule has 9 heavy (non-hydrogen) atoms. The molecule has 0 aromatic carbocycles. The van der Waals surface area contributed by atoms with Crippen molar-refractivity contribution in [1.82, 2.24) is 4.98 Å². The van der Waals surface area contributed by atoms with Gasteiger partial charge in [-0.15, -0.1) is 11.3 Å². The van der Waals surface area contributed by atoms with Crippen molar-refractivity contribution < 1.29 is 0 Å². The van der Waals surface area contributed by atoms with Gasteiger partial charge in [0.15, 0.2) is 0 Å². The van der Waals surface area contributed by atoms with Crippen molar-refractivity contribution in [3.05, 3.63) is 14.5 Å². The molecule has 0 aliphatic heterocycles. The Hall–Kier alpha value is 0.460. The second-order valence-corrected chi connectivity index (χ2v) is 4.34. The lowest BCUT2D eigenvalue weighted by atomic mass is 10.6. The molecule has 1 nitrogen and oxygen atoms in total. The number of nitrogens with zero attached hydrogens (tertiary/aromatic N) is 1. The molecule has 0 unspecified atom stereocenters. The second kappa shape index (κ2) is 3.03. The number of aromatic nitrogens is 1. The Morgan fingerprint density at radius 1 is 1.78 bits per heavy atom. The van der Waals surface area contributed by atoms with E-state index in [-0.39, 0.29) is 0 Å². The van der Waals surface area contributed by atoms with E-state index >= 15 is 0 Å². The number of hydrogen-bond acceptors (Lipinski definition) is 3. The molecule has 1 aromatic rings. The zero-order valence-corrected chi connectivity index (χ0v) is 8.18. The van der Waals surface area contributed by atoms with Crippen LogP contribution in [0.3, 0.4) is 0 Å². The SMILES string of the molecule is Cc1nc(CS)sc1Br. The summed E-state index contributed by atoms with van der Waals surface area (Å²) < 4.78 is 1.12. The number of thiazole rings is 1. The van der Waals surface area contributed by atoms with E-state index in [4.69, 9.17) is 0 Å². The van der Waals surface area contributed by atoms with Crippen molar-refractivity contribution in [2.75, 3.05) is 0 Å². The highest BCUT2D eigenvalue weighted by Gasteiger charge is 2.00. The van der Waals surface area contributed by atoms with Gasteiger partial charge in [0, 0.05) is 5.75 Å². The average molecular weight is 224 g/mol. The smallest absolute Gasteiger partial charge is 0.104 e. The lowest BCUT2D eigenvalue weighted by Gasteiger charge is -1.78. The minimum atomic E-state index is 0.733. The third-order valence-electron chi connectivity index (χ3n) is 0.920. The van der Waals surface area contributed by atoms with E-state index in [1.54, 1.807) is 11.3 Å². The highest BCUT2D eigenvalue weighted by atomic mass is 79.9. The summed E-state index contributed by atoms with van der Waals surface area (Å²) in [5.41, 5.74) is 1.06. The lowest BCUT2D eigenvalue weighted by Crippen LogP contribution is -1.73. The van der Waals surface area contributed by atoms with E-state index in [9.17, 15) is 0 Å². The van der Waals surface area contributed by atoms with Crippen LogP contribution in [0, 0.1) is 6.92 Å². The minimum absolute atomic E-state index is 0.733. The summed E-state index contributed by atoms with van der Waals surface area (Å²) in [6, 6.07) is 0. The van der Waals surface area contributed by atoms with E-state index in [0.29, 0.717) is 0 Å². The van der Waals surface area contributed by atoms with Crippen LogP contribution < -0.4 is 0 Å². The van der Waals surface area contributed by atoms with E-state index < -0.39 is 0 Å². The summed E-state index contributed by atoms with van der Waals surface area (Å²) in [4.78, 5) is 4.22. The Morgan fingerprint density at radius 2 is 2.44 bits per heavy atom. The first-order chi connectivity index (χ1) is 4.24. The molecule has 0 atom stereocenters. The molecule has 50 valence electrons. The Kier molecular flexibility index (Phi) is 2.55. The predicted molar refractivity (Wildman–Crippen MR) is 47.2 cm³/mol. The maximum atomic E-state index is 4.22. The van der Waals surface area contributed by atoms with Crippen LogP contribution in [-0.4, -0.2) is 4.98 Å². The number of aryl methyl sites for hydroxylation is 1. The largest absolute Gasteiger partial charge is 0.244 e. The molecule has 0 amide bonds. The summed E-state index contributed by atoms with van der Waals surface area (Å²) in [5, 5.41) is 1.07. The van der Waals surface area contributed by atoms with Crippen molar-refractivity contribution in [1.29, 1.82) is 0 Å². The van der Waals surface area contributed by atoms with E-state index in [1.165, 1.54) is 0 Å². The minimum Gasteiger partial charge on any atom is -0.244 e. The van der Waals surface area contributed by atoms with Crippen molar-refractivity contribution >= 4 is 39.9 Å². The molecule has 0 fully saturated rings. The highest BCUT2D eigenvalue weighted by Crippen LogP contribution is 2.24. The lowest BCUT2D eigenvalue weighted by molar-refractivity contribution is 1.18. The molecule has 0 spiro atoms. The van der Waals surface area contributed by atoms with E-state index in [1.807, 2.05) is 6.92 Å². The van der Waals surface area contributed by atoms with Gasteiger partial charge in [0.1, 0.15) is 5.01 Å². The van der Waals surface area contributed by atoms with Gasteiger partial charge in [-0.05, 0) is 22.9 Å². The van der Waals surface area contributed by atoms with Crippen LogP contribution in [0.4, 0.5) is 0 Å². The van der Waals surface area contributed by atoms with Crippen LogP contribution >= 0.6 is 39.9 Å². The van der Waals surface area contributed by atoms with Crippen molar-refractivity contribution in [2.24, 2.45) is 0 Å². The van der Waals surface area contributed by atoms with Gasteiger partial charge in [-0.2, -0.15) is 12.6 Å². The van der Waals surface area contributed by atoms with Gasteiger partial charge in [0.2, 0.25) is 0 Å². The molecule has 0 bridgehead atoms. The van der Waals surface area contributed by atoms with Gasteiger partial charge in [-0.25, -0.2) is 4.98 Å². The van der Waals surface area contributed by atoms with Crippen LogP contribution in [0.15, 0.2) is 3.79 Å². The third-order valence-corrected chi connectivity index (χ3v) is 3.44. The molecule has 0 N–H and O–H groups in total. The average Bonchev–Trinajstić information content (AvgIpc) is 2.13. The quantitative estimate of drug-likeness (QED) is 0.723. The van der Waals surface area contributed by atoms with Crippen LogP contribution in [0.1, 0.15) is 10.7 Å². The fraction of sp³-hybridized carbons (Fsp3) is 0.400. The highest BCUT2D eigenvalue weighted by molar-refractivity contribution is 9.11. The molecule has 0 aliphatic carbocycles. The van der Waals surface area contributed by atoms with Crippen molar-refractivity contribution in [3.63, 3.8) is 0 Å². The zero-order chi connectivity index (χ0) is 6.85. The molecule has 0 radical (unpaired) electrons. The summed E-state index contributed by atoms with van der Waals surface area (Å²) >= 11 is 9.12. The first-order valence-electron chi connectivity index (χ1n) is 2.46. The normalized spacial score (nSPS) is 10.1. The number of rotatable bonds is 1. The molecule has 0 saturated heterocycles. The molecule has 1 rings (SSSR count). The fourth-order valence-electron chi connectivity index (χ4n) is 0.499. The Morgan fingerprint density at radius 3 is 2.67 bits per heavy atom. The van der Waals surface area contributed by atoms with Gasteiger partial charge in [-0.3, -0.25) is 0 Å². The summed E-state index contributed by atoms with van der Waals surface area (Å²) in [5.74, 6) is 0.733. The molecular formula is C5H6BrNS2. The molecule has 0 aliphatic rings.